The van der Waals surface area contributed by atoms with Crippen molar-refractivity contribution in [3.8, 4) is 0 Å². The summed E-state index contributed by atoms with van der Waals surface area (Å²) in [5.41, 5.74) is 0. The molecule has 0 N–H and O–H groups in total. The van der Waals surface area contributed by atoms with Gasteiger partial charge in [0.2, 0.25) is 0 Å². The Bertz CT molecular complexity index is 69.7. The molecule has 0 spiro atoms. The predicted molar refractivity (Wildman–Crippen MR) is 19.8 cm³/mol. The van der Waals surface area contributed by atoms with Crippen LogP contribution in [-0.2, 0) is 21.4 Å². The molecule has 0 aromatic heterocycles. The molecule has 0 aliphatic rings. The molecule has 0 saturated carbocycles. The van der Waals surface area contributed by atoms with Crippen LogP contribution in [0.2, 0.25) is 0 Å². The zero-order valence-electron chi connectivity index (χ0n) is 1.93. The van der Waals surface area contributed by atoms with E-state index in [0.717, 1.165) is 0 Å². The first-order valence-electron chi connectivity index (χ1n) is 0.578. The van der Waals surface area contributed by atoms with Gasteiger partial charge < -0.3 is 0 Å². The molecule has 0 aromatic carbocycles. The Balaban J connectivity index is 3.60. The molecular formula is Cl2ORuS. The summed E-state index contributed by atoms with van der Waals surface area (Å²) in [4.78, 5) is 0. The van der Waals surface area contributed by atoms with Crippen molar-refractivity contribution >= 4 is 28.5 Å². The number of hydrogen-bond acceptors (Lipinski definition) is 1. The third-order valence-electron chi connectivity index (χ3n) is 0.0445. The van der Waals surface area contributed by atoms with E-state index in [1.807, 2.05) is 0 Å². The monoisotopic (exact) mass is 220 g/mol. The maximum atomic E-state index is 9.35. The van der Waals surface area contributed by atoms with Crippen molar-refractivity contribution < 1.29 is 16.4 Å². The van der Waals surface area contributed by atoms with Crippen molar-refractivity contribution in [2.24, 2.45) is 0 Å². The average Bonchev–Trinajstić information content (AvgIpc) is 1.38. The van der Waals surface area contributed by atoms with Crippen molar-refractivity contribution in [3.63, 3.8) is 0 Å². The Labute approximate surface area is 44.9 Å². The maximum absolute atomic E-state index is 9.35. The quantitative estimate of drug-likeness (QED) is 0.557. The number of rotatable bonds is 0. The fraction of sp³-hybridized carbons (Fsp3) is 0. The molecule has 1 nitrogen and oxygen atoms in total. The van der Waals surface area contributed by atoms with Crippen LogP contribution in [0.1, 0.15) is 0 Å². The van der Waals surface area contributed by atoms with Crippen molar-refractivity contribution in [2.75, 3.05) is 0 Å². The van der Waals surface area contributed by atoms with Gasteiger partial charge in [-0.25, -0.2) is 0 Å². The van der Waals surface area contributed by atoms with Crippen LogP contribution < -0.4 is 0 Å². The Morgan fingerprint density at radius 3 is 1.80 bits per heavy atom. The fourth-order valence-corrected chi connectivity index (χ4v) is 0. The van der Waals surface area contributed by atoms with Gasteiger partial charge in [0, 0.05) is 0 Å². The van der Waals surface area contributed by atoms with Gasteiger partial charge in [0.1, 0.15) is 0 Å². The van der Waals surface area contributed by atoms with Crippen LogP contribution in [-0.4, -0.2) is 4.21 Å². The first-order valence-corrected chi connectivity index (χ1v) is 7.81. The average molecular weight is 220 g/mol. The second-order valence-corrected chi connectivity index (χ2v) is 9.54. The first kappa shape index (κ1) is 6.22. The normalized spacial score (nSPS) is 10.4. The van der Waals surface area contributed by atoms with Crippen molar-refractivity contribution in [1.29, 1.82) is 0 Å². The van der Waals surface area contributed by atoms with Crippen LogP contribution in [0.25, 0.3) is 0 Å². The summed E-state index contributed by atoms with van der Waals surface area (Å²) in [5, 5.41) is 0. The van der Waals surface area contributed by atoms with E-state index in [0.29, 0.717) is 9.15 Å². The Morgan fingerprint density at radius 1 is 1.60 bits per heavy atom. The van der Waals surface area contributed by atoms with E-state index in [9.17, 15) is 4.21 Å². The molecule has 0 bridgehead atoms. The van der Waals surface area contributed by atoms with Gasteiger partial charge >= 0.3 is 45.0 Å². The molecule has 0 atom stereocenters. The minimum absolute atomic E-state index is 0.304. The van der Waals surface area contributed by atoms with Gasteiger partial charge in [-0.15, -0.1) is 0 Å². The summed E-state index contributed by atoms with van der Waals surface area (Å²) in [7, 11) is 10.3. The minimum atomic E-state index is -1.88. The van der Waals surface area contributed by atoms with Crippen LogP contribution >= 0.6 is 19.4 Å². The number of halogens is 2. The van der Waals surface area contributed by atoms with Crippen LogP contribution in [0.15, 0.2) is 0 Å². The summed E-state index contributed by atoms with van der Waals surface area (Å²) in [6, 6.07) is 0. The van der Waals surface area contributed by atoms with Crippen LogP contribution in [0.4, 0.5) is 0 Å². The molecule has 0 aromatic rings. The van der Waals surface area contributed by atoms with E-state index in [1.165, 1.54) is 0 Å². The second kappa shape index (κ2) is 3.41. The Morgan fingerprint density at radius 2 is 1.80 bits per heavy atom. The molecule has 0 rings (SSSR count). The molecule has 0 saturated heterocycles. The van der Waals surface area contributed by atoms with Gasteiger partial charge in [0.15, 0.2) is 0 Å². The van der Waals surface area contributed by atoms with Gasteiger partial charge in [-0.05, 0) is 0 Å². The third kappa shape index (κ3) is 5.22. The van der Waals surface area contributed by atoms with E-state index in [1.54, 1.807) is 0 Å². The van der Waals surface area contributed by atoms with E-state index in [-0.39, 0.29) is 0 Å². The molecule has 0 radical (unpaired) electrons. The summed E-state index contributed by atoms with van der Waals surface area (Å²) >= 11 is -1.88. The molecule has 0 aliphatic heterocycles. The SMILES string of the molecule is O=[S]=[Ru]([Cl])[Cl]. The molecule has 34 valence electrons. The van der Waals surface area contributed by atoms with Gasteiger partial charge in [-0.3, -0.25) is 0 Å². The summed E-state index contributed by atoms with van der Waals surface area (Å²) in [6.45, 7) is 0. The van der Waals surface area contributed by atoms with E-state index >= 15 is 0 Å². The molecule has 0 amide bonds. The Hall–Kier alpha value is 1.22. The van der Waals surface area contributed by atoms with Crippen LogP contribution in [0.3, 0.4) is 0 Å². The Kier molecular flexibility index (Phi) is 4.25. The molecule has 5 heteroatoms. The van der Waals surface area contributed by atoms with E-state index in [2.05, 4.69) is 0 Å². The van der Waals surface area contributed by atoms with Crippen LogP contribution in [0, 0.1) is 0 Å². The molecule has 0 heterocycles. The number of hydrogen-bond donors (Lipinski definition) is 0. The van der Waals surface area contributed by atoms with Gasteiger partial charge in [-0.1, -0.05) is 0 Å². The summed E-state index contributed by atoms with van der Waals surface area (Å²) in [6.07, 6.45) is 0. The second-order valence-electron chi connectivity index (χ2n) is 0.219. The molecule has 5 heavy (non-hydrogen) atoms. The summed E-state index contributed by atoms with van der Waals surface area (Å²) in [5.74, 6) is 0. The molecule has 0 fully saturated rings. The van der Waals surface area contributed by atoms with E-state index in [4.69, 9.17) is 19.4 Å². The molecular weight excluding hydrogens is 220 g/mol. The molecule has 0 aliphatic carbocycles. The topological polar surface area (TPSA) is 17.1 Å². The van der Waals surface area contributed by atoms with Gasteiger partial charge in [-0.2, -0.15) is 0 Å². The van der Waals surface area contributed by atoms with Crippen molar-refractivity contribution in [1.82, 2.24) is 0 Å². The first-order chi connectivity index (χ1) is 2.27. The third-order valence-corrected chi connectivity index (χ3v) is 2.37. The zero-order valence-corrected chi connectivity index (χ0v) is 5.99. The molecule has 0 unspecified atom stereocenters. The zero-order chi connectivity index (χ0) is 4.28. The van der Waals surface area contributed by atoms with Gasteiger partial charge in [0.25, 0.3) is 0 Å². The van der Waals surface area contributed by atoms with Gasteiger partial charge in [0.05, 0.1) is 0 Å². The predicted octanol–water partition coefficient (Wildman–Crippen LogP) is 1.04. The van der Waals surface area contributed by atoms with Crippen molar-refractivity contribution in [3.05, 3.63) is 0 Å². The van der Waals surface area contributed by atoms with Crippen LogP contribution in [0.5, 0.6) is 0 Å². The summed E-state index contributed by atoms with van der Waals surface area (Å²) < 4.78 is 9.35. The van der Waals surface area contributed by atoms with E-state index < -0.39 is 12.2 Å². The standard InChI is InChI=1S/2ClH.OS.Ru/c;;1-2;/h2*1H;;/q;;;+2/p-2. The fourth-order valence-electron chi connectivity index (χ4n) is 0. The van der Waals surface area contributed by atoms with Crippen molar-refractivity contribution in [2.45, 2.75) is 0 Å².